The topological polar surface area (TPSA) is 9.23 Å². The summed E-state index contributed by atoms with van der Waals surface area (Å²) in [6.45, 7) is 18.3. The molecule has 0 aliphatic rings. The fourth-order valence-corrected chi connectivity index (χ4v) is 3.86. The average Bonchev–Trinajstić information content (AvgIpc) is 2.20. The quantitative estimate of drug-likeness (QED) is 0.457. The van der Waals surface area contributed by atoms with Crippen molar-refractivity contribution < 1.29 is 4.43 Å². The van der Waals surface area contributed by atoms with Crippen molar-refractivity contribution in [2.24, 2.45) is 5.92 Å². The number of rotatable bonds is 7. The Hall–Kier alpha value is -0.0462. The smallest absolute Gasteiger partial charge is 0.184 e. The minimum absolute atomic E-state index is 0.348. The van der Waals surface area contributed by atoms with E-state index in [1.54, 1.807) is 0 Å². The van der Waals surface area contributed by atoms with E-state index in [2.05, 4.69) is 64.6 Å². The van der Waals surface area contributed by atoms with Gasteiger partial charge in [0.1, 0.15) is 8.07 Å². The molecule has 0 aliphatic heterocycles. The molecule has 0 radical (unpaired) electrons. The predicted octanol–water partition coefficient (Wildman–Crippen LogP) is 5.30. The summed E-state index contributed by atoms with van der Waals surface area (Å²) in [7, 11) is -2.76. The average molecular weight is 299 g/mol. The molecule has 0 bridgehead atoms. The van der Waals surface area contributed by atoms with Gasteiger partial charge in [-0.15, -0.1) is 11.5 Å². The van der Waals surface area contributed by atoms with E-state index in [0.717, 1.165) is 6.42 Å². The maximum Gasteiger partial charge on any atom is 0.184 e. The predicted molar refractivity (Wildman–Crippen MR) is 92.6 cm³/mol. The second kappa shape index (κ2) is 8.29. The molecular weight excluding hydrogens is 264 g/mol. The Morgan fingerprint density at radius 1 is 0.895 bits per heavy atom. The molecule has 0 saturated carbocycles. The van der Waals surface area contributed by atoms with Crippen LogP contribution in [-0.4, -0.2) is 22.5 Å². The Morgan fingerprint density at radius 2 is 1.42 bits per heavy atom. The first kappa shape index (κ1) is 19.0. The zero-order valence-electron chi connectivity index (χ0n) is 14.4. The van der Waals surface area contributed by atoms with Crippen molar-refractivity contribution in [3.8, 4) is 11.5 Å². The highest BCUT2D eigenvalue weighted by molar-refractivity contribution is 6.83. The van der Waals surface area contributed by atoms with E-state index in [1.807, 2.05) is 0 Å². The van der Waals surface area contributed by atoms with Crippen LogP contribution < -0.4 is 0 Å². The summed E-state index contributed by atoms with van der Waals surface area (Å²) in [5.41, 5.74) is 3.56. The first-order chi connectivity index (χ1) is 8.59. The third-order valence-corrected chi connectivity index (χ3v) is 4.66. The summed E-state index contributed by atoms with van der Waals surface area (Å²) >= 11 is 0. The molecule has 3 heteroatoms. The van der Waals surface area contributed by atoms with Gasteiger partial charge in [-0.2, -0.15) is 0 Å². The van der Waals surface area contributed by atoms with Gasteiger partial charge < -0.3 is 4.43 Å². The molecule has 0 amide bonds. The molecule has 0 aromatic heterocycles. The molecule has 0 rings (SSSR count). The van der Waals surface area contributed by atoms with Gasteiger partial charge in [0.25, 0.3) is 0 Å². The van der Waals surface area contributed by atoms with Crippen molar-refractivity contribution in [3.05, 3.63) is 0 Å². The number of hydrogen-bond acceptors (Lipinski definition) is 1. The number of hydrogen-bond donors (Lipinski definition) is 0. The van der Waals surface area contributed by atoms with E-state index in [0.29, 0.717) is 12.0 Å². The summed E-state index contributed by atoms with van der Waals surface area (Å²) in [5.74, 6) is 4.01. The van der Waals surface area contributed by atoms with E-state index < -0.39 is 16.4 Å². The van der Waals surface area contributed by atoms with Gasteiger partial charge in [-0.05, 0) is 32.5 Å². The molecule has 0 unspecified atom stereocenters. The lowest BCUT2D eigenvalue weighted by Crippen LogP contribution is -2.36. The maximum absolute atomic E-state index is 6.41. The lowest BCUT2D eigenvalue weighted by molar-refractivity contribution is 0.137. The second-order valence-corrected chi connectivity index (χ2v) is 16.7. The van der Waals surface area contributed by atoms with Crippen molar-refractivity contribution in [3.63, 3.8) is 0 Å². The van der Waals surface area contributed by atoms with Gasteiger partial charge in [-0.25, -0.2) is 0 Å². The molecule has 0 saturated heterocycles. The molecule has 0 fully saturated rings. The summed E-state index contributed by atoms with van der Waals surface area (Å²) in [6.07, 6.45) is 5.05. The van der Waals surface area contributed by atoms with E-state index >= 15 is 0 Å². The van der Waals surface area contributed by atoms with Crippen LogP contribution in [0.4, 0.5) is 0 Å². The summed E-state index contributed by atoms with van der Waals surface area (Å²) < 4.78 is 6.41. The van der Waals surface area contributed by atoms with Crippen molar-refractivity contribution in [2.75, 3.05) is 0 Å². The van der Waals surface area contributed by atoms with Crippen LogP contribution in [0.1, 0.15) is 39.5 Å². The van der Waals surface area contributed by atoms with Crippen molar-refractivity contribution >= 4 is 16.4 Å². The first-order valence-corrected chi connectivity index (χ1v) is 14.7. The van der Waals surface area contributed by atoms with Crippen LogP contribution in [0.2, 0.25) is 39.3 Å². The highest BCUT2D eigenvalue weighted by Gasteiger charge is 2.26. The van der Waals surface area contributed by atoms with Gasteiger partial charge in [0.15, 0.2) is 8.32 Å². The molecule has 0 aromatic rings. The molecule has 0 heterocycles. The first-order valence-electron chi connectivity index (χ1n) is 7.79. The van der Waals surface area contributed by atoms with Crippen LogP contribution in [0.15, 0.2) is 0 Å². The molecule has 2 atom stereocenters. The minimum Gasteiger partial charge on any atom is -0.413 e. The van der Waals surface area contributed by atoms with Gasteiger partial charge >= 0.3 is 0 Å². The summed E-state index contributed by atoms with van der Waals surface area (Å²) in [6, 6.07) is 0. The fraction of sp³-hybridized carbons (Fsp3) is 0.875. The summed E-state index contributed by atoms with van der Waals surface area (Å²) in [4.78, 5) is 0. The normalized spacial score (nSPS) is 15.6. The summed E-state index contributed by atoms with van der Waals surface area (Å²) in [5, 5.41) is 0. The van der Waals surface area contributed by atoms with Crippen LogP contribution in [-0.2, 0) is 4.43 Å². The standard InChI is InChI=1S/C16H34OSi2/c1-9-11-15(13-14-18(3,4)5)16(12-10-2)17-19(6,7)8/h15-16H,9-12H2,1-8H3/t15-,16-/m1/s1. The highest BCUT2D eigenvalue weighted by atomic mass is 28.4. The molecule has 0 spiro atoms. The Kier molecular flexibility index (Phi) is 8.27. The van der Waals surface area contributed by atoms with E-state index in [1.165, 1.54) is 19.3 Å². The third-order valence-electron chi connectivity index (χ3n) is 2.76. The molecule has 1 nitrogen and oxygen atoms in total. The molecular formula is C16H34OSi2. The molecule has 0 aliphatic carbocycles. The van der Waals surface area contributed by atoms with Gasteiger partial charge in [0.2, 0.25) is 0 Å². The van der Waals surface area contributed by atoms with Crippen LogP contribution in [0.3, 0.4) is 0 Å². The van der Waals surface area contributed by atoms with E-state index in [-0.39, 0.29) is 0 Å². The van der Waals surface area contributed by atoms with E-state index in [4.69, 9.17) is 4.43 Å². The van der Waals surface area contributed by atoms with Gasteiger partial charge in [0.05, 0.1) is 6.10 Å². The third kappa shape index (κ3) is 10.4. The van der Waals surface area contributed by atoms with Crippen molar-refractivity contribution in [2.45, 2.75) is 84.9 Å². The van der Waals surface area contributed by atoms with Crippen LogP contribution in [0, 0.1) is 17.4 Å². The van der Waals surface area contributed by atoms with Crippen LogP contribution in [0.25, 0.3) is 0 Å². The molecule has 112 valence electrons. The Labute approximate surface area is 123 Å². The van der Waals surface area contributed by atoms with Crippen LogP contribution in [0.5, 0.6) is 0 Å². The molecule has 19 heavy (non-hydrogen) atoms. The minimum atomic E-state index is -1.48. The maximum atomic E-state index is 6.41. The monoisotopic (exact) mass is 298 g/mol. The lowest BCUT2D eigenvalue weighted by Gasteiger charge is -2.30. The Balaban J connectivity index is 4.99. The van der Waals surface area contributed by atoms with Crippen molar-refractivity contribution in [1.82, 2.24) is 0 Å². The SMILES string of the molecule is CCC[C@H](C#C[Si](C)(C)C)[C@@H](CCC)O[Si](C)(C)C. The highest BCUT2D eigenvalue weighted by Crippen LogP contribution is 2.22. The Morgan fingerprint density at radius 3 is 1.79 bits per heavy atom. The van der Waals surface area contributed by atoms with Crippen molar-refractivity contribution in [1.29, 1.82) is 0 Å². The molecule has 0 aromatic carbocycles. The van der Waals surface area contributed by atoms with E-state index in [9.17, 15) is 0 Å². The van der Waals surface area contributed by atoms with Gasteiger partial charge in [0, 0.05) is 5.92 Å². The van der Waals surface area contributed by atoms with Crippen LogP contribution >= 0.6 is 0 Å². The zero-order valence-corrected chi connectivity index (χ0v) is 16.4. The fourth-order valence-electron chi connectivity index (χ4n) is 2.05. The largest absolute Gasteiger partial charge is 0.413 e. The van der Waals surface area contributed by atoms with Gasteiger partial charge in [-0.3, -0.25) is 0 Å². The second-order valence-electron chi connectivity index (χ2n) is 7.47. The lowest BCUT2D eigenvalue weighted by atomic mass is 9.95. The van der Waals surface area contributed by atoms with Gasteiger partial charge in [-0.1, -0.05) is 46.3 Å². The zero-order chi connectivity index (χ0) is 15.1. The molecule has 0 N–H and O–H groups in total. The Bertz CT molecular complexity index is 301.